The molecule has 2 aliphatic heterocycles. The van der Waals surface area contributed by atoms with Gasteiger partial charge >= 0.3 is 11.9 Å². The molecule has 2 amide bonds. The van der Waals surface area contributed by atoms with Crippen LogP contribution >= 0.6 is 0 Å². The topological polar surface area (TPSA) is 197 Å². The number of amides is 2. The van der Waals surface area contributed by atoms with E-state index in [1.807, 2.05) is 51.1 Å². The normalized spacial score (nSPS) is 12.9. The van der Waals surface area contributed by atoms with Gasteiger partial charge in [-0.25, -0.2) is 19.7 Å². The molecule has 6 heterocycles. The minimum absolute atomic E-state index is 0.0523. The maximum Gasteiger partial charge on any atom is 0.328 e. The van der Waals surface area contributed by atoms with E-state index in [0.717, 1.165) is 72.3 Å². The number of esters is 2. The van der Waals surface area contributed by atoms with Gasteiger partial charge in [-0.3, -0.25) is 14.4 Å². The highest BCUT2D eigenvalue weighted by molar-refractivity contribution is 5.97. The summed E-state index contributed by atoms with van der Waals surface area (Å²) in [5.74, 6) is -1.82. The molecule has 0 aliphatic carbocycles. The smallest absolute Gasteiger partial charge is 0.328 e. The Kier molecular flexibility index (Phi) is 12.9. The molecule has 0 radical (unpaired) electrons. The predicted octanol–water partition coefficient (Wildman–Crippen LogP) is 6.94. The molecule has 14 nitrogen and oxygen atoms in total. The van der Waals surface area contributed by atoms with E-state index in [1.165, 1.54) is 13.4 Å². The second kappa shape index (κ2) is 18.2. The van der Waals surface area contributed by atoms with Gasteiger partial charge in [-0.1, -0.05) is 25.3 Å². The number of allylic oxidation sites excluding steroid dienone is 4. The third kappa shape index (κ3) is 9.17. The molecule has 306 valence electrons. The zero-order chi connectivity index (χ0) is 42.4. The highest BCUT2D eigenvalue weighted by Gasteiger charge is 2.25. The van der Waals surface area contributed by atoms with Crippen molar-refractivity contribution in [2.75, 3.05) is 20.3 Å². The molecule has 0 spiro atoms. The van der Waals surface area contributed by atoms with E-state index in [0.29, 0.717) is 42.2 Å². The first kappa shape index (κ1) is 41.8. The van der Waals surface area contributed by atoms with Crippen molar-refractivity contribution in [3.8, 4) is 0 Å². The van der Waals surface area contributed by atoms with Crippen LogP contribution < -0.4 is 10.6 Å². The van der Waals surface area contributed by atoms with Gasteiger partial charge in [-0.15, -0.1) is 0 Å². The van der Waals surface area contributed by atoms with Crippen molar-refractivity contribution in [1.82, 2.24) is 40.5 Å². The van der Waals surface area contributed by atoms with Gasteiger partial charge in [0, 0.05) is 64.3 Å². The Morgan fingerprint density at radius 3 is 1.92 bits per heavy atom. The fourth-order valence-electron chi connectivity index (χ4n) is 7.47. The lowest BCUT2D eigenvalue weighted by molar-refractivity contribution is -0.145. The number of methoxy groups -OCH3 is 1. The maximum atomic E-state index is 13.3. The molecule has 5 N–H and O–H groups in total. The predicted molar refractivity (Wildman–Crippen MR) is 230 cm³/mol. The summed E-state index contributed by atoms with van der Waals surface area (Å²) in [6.07, 6.45) is 7.78. The first-order valence-electron chi connectivity index (χ1n) is 19.5. The van der Waals surface area contributed by atoms with Crippen molar-refractivity contribution < 1.29 is 28.7 Å². The zero-order valence-corrected chi connectivity index (χ0v) is 34.4. The van der Waals surface area contributed by atoms with Crippen LogP contribution in [0.15, 0.2) is 49.9 Å². The molecule has 0 unspecified atom stereocenters. The Hall–Kier alpha value is -6.83. The summed E-state index contributed by atoms with van der Waals surface area (Å²) in [5, 5.41) is 5.31. The van der Waals surface area contributed by atoms with E-state index in [-0.39, 0.29) is 37.7 Å². The number of hydrogen-bond donors (Lipinski definition) is 5. The monoisotopic (exact) mass is 798 g/mol. The van der Waals surface area contributed by atoms with Gasteiger partial charge in [0.15, 0.2) is 0 Å². The molecule has 0 saturated heterocycles. The largest absolute Gasteiger partial charge is 0.467 e. The molecular weight excluding hydrogens is 749 g/mol. The summed E-state index contributed by atoms with van der Waals surface area (Å²) < 4.78 is 10.1. The van der Waals surface area contributed by atoms with Gasteiger partial charge in [0.1, 0.15) is 6.04 Å². The van der Waals surface area contributed by atoms with Crippen molar-refractivity contribution in [1.29, 1.82) is 0 Å². The SMILES string of the molecule is C=Cc1c(C)c2cc3[nH]c(cc4nc(cc5nc(cc1[nH]2)C(C)=C5CCC(=O)OCC)C(CCC(=O)NCC(=O)N[C@@H](Cc1cnc[nH]1)C(=O)OC)=C4C)c(C)c3C=C. The summed E-state index contributed by atoms with van der Waals surface area (Å²) in [6, 6.07) is 7.03. The lowest BCUT2D eigenvalue weighted by Crippen LogP contribution is -2.47. The van der Waals surface area contributed by atoms with Crippen LogP contribution in [0, 0.1) is 13.8 Å². The standard InChI is InChI=1S/C45H50N8O6/c1-9-29-24(4)33-17-34-26(6)31(12-14-42(54)47-22-43(55)53-41(45(57)58-8)16-28-21-46-23-48-28)39(51-34)20-40-32(13-15-44(56)59-11-3)27(7)36(52-40)19-38-30(10-2)25(5)35(50-38)18-37(29)49-33/h9-10,17-21,23,41,49-50H,1-2,11-16,22H2,3-8H3,(H,46,48)(H,47,54)(H,53,55)/t41-/m0/s1. The number of aromatic amines is 3. The Labute approximate surface area is 342 Å². The summed E-state index contributed by atoms with van der Waals surface area (Å²) in [4.78, 5) is 75.3. The van der Waals surface area contributed by atoms with Gasteiger partial charge in [-0.2, -0.15) is 0 Å². The van der Waals surface area contributed by atoms with Crippen molar-refractivity contribution in [3.63, 3.8) is 0 Å². The third-order valence-electron chi connectivity index (χ3n) is 10.8. The molecular formula is C45H50N8O6. The highest BCUT2D eigenvalue weighted by atomic mass is 16.5. The summed E-state index contributed by atoms with van der Waals surface area (Å²) in [6.45, 7) is 18.0. The van der Waals surface area contributed by atoms with E-state index in [4.69, 9.17) is 19.4 Å². The quantitative estimate of drug-likeness (QED) is 0.0791. The number of nitrogens with one attached hydrogen (secondary N) is 5. The first-order valence-corrected chi connectivity index (χ1v) is 19.5. The van der Waals surface area contributed by atoms with Crippen molar-refractivity contribution in [2.24, 2.45) is 0 Å². The van der Waals surface area contributed by atoms with Gasteiger partial charge in [-0.05, 0) is 105 Å². The fourth-order valence-corrected chi connectivity index (χ4v) is 7.47. The summed E-state index contributed by atoms with van der Waals surface area (Å²) in [7, 11) is 1.24. The first-order chi connectivity index (χ1) is 28.3. The highest BCUT2D eigenvalue weighted by Crippen LogP contribution is 2.38. The van der Waals surface area contributed by atoms with Crippen LogP contribution in [0.3, 0.4) is 0 Å². The molecule has 0 saturated carbocycles. The molecule has 0 aromatic carbocycles. The van der Waals surface area contributed by atoms with Crippen LogP contribution in [0.1, 0.15) is 97.2 Å². The minimum atomic E-state index is -0.962. The molecule has 4 aromatic rings. The van der Waals surface area contributed by atoms with E-state index in [9.17, 15) is 19.2 Å². The average Bonchev–Trinajstić information content (AvgIpc) is 4.02. The molecule has 6 rings (SSSR count). The van der Waals surface area contributed by atoms with Gasteiger partial charge < -0.3 is 35.1 Å². The number of imidazole rings is 1. The van der Waals surface area contributed by atoms with Crippen LogP contribution in [0.4, 0.5) is 0 Å². The molecule has 4 aromatic heterocycles. The number of carbonyl (C=O) groups excluding carboxylic acids is 4. The lowest BCUT2D eigenvalue weighted by Gasteiger charge is -2.16. The number of aromatic nitrogens is 6. The van der Waals surface area contributed by atoms with E-state index in [2.05, 4.69) is 56.7 Å². The van der Waals surface area contributed by atoms with Crippen LogP contribution in [0.25, 0.3) is 56.5 Å². The van der Waals surface area contributed by atoms with Crippen molar-refractivity contribution in [2.45, 2.75) is 72.8 Å². The van der Waals surface area contributed by atoms with Gasteiger partial charge in [0.05, 0.1) is 49.4 Å². The number of H-pyrrole nitrogens is 3. The van der Waals surface area contributed by atoms with E-state index in [1.54, 1.807) is 13.1 Å². The zero-order valence-electron chi connectivity index (χ0n) is 34.4. The molecule has 14 heteroatoms. The number of rotatable bonds is 15. The molecule has 0 fully saturated rings. The van der Waals surface area contributed by atoms with Gasteiger partial charge in [0.25, 0.3) is 0 Å². The second-order valence-corrected chi connectivity index (χ2v) is 14.4. The molecule has 59 heavy (non-hydrogen) atoms. The number of aryl methyl sites for hydroxylation is 2. The number of fused-ring (bicyclic) bond motifs is 8. The van der Waals surface area contributed by atoms with Gasteiger partial charge in [0.2, 0.25) is 11.8 Å². The number of carbonyl (C=O) groups is 4. The second-order valence-electron chi connectivity index (χ2n) is 14.4. The van der Waals surface area contributed by atoms with E-state index < -0.39 is 17.9 Å². The maximum absolute atomic E-state index is 13.3. The van der Waals surface area contributed by atoms with Crippen LogP contribution in [-0.2, 0) is 35.1 Å². The van der Waals surface area contributed by atoms with Crippen LogP contribution in [-0.4, -0.2) is 80.0 Å². The van der Waals surface area contributed by atoms with Crippen molar-refractivity contribution in [3.05, 3.63) is 101 Å². The molecule has 2 aliphatic rings. The third-order valence-corrected chi connectivity index (χ3v) is 10.8. The Balaban J connectivity index is 1.38. The fraction of sp³-hybridized carbons (Fsp3) is 0.311. The molecule has 1 atom stereocenters. The number of hydrogen-bond acceptors (Lipinski definition) is 9. The Morgan fingerprint density at radius 1 is 0.780 bits per heavy atom. The van der Waals surface area contributed by atoms with Crippen molar-refractivity contribution >= 4 is 80.3 Å². The molecule has 8 bridgehead atoms. The minimum Gasteiger partial charge on any atom is -0.467 e. The van der Waals surface area contributed by atoms with E-state index >= 15 is 0 Å². The Morgan fingerprint density at radius 2 is 1.36 bits per heavy atom. The summed E-state index contributed by atoms with van der Waals surface area (Å²) in [5.41, 5.74) is 14.4. The average molecular weight is 799 g/mol. The van der Waals surface area contributed by atoms with Crippen LogP contribution in [0.2, 0.25) is 0 Å². The van der Waals surface area contributed by atoms with Crippen LogP contribution in [0.5, 0.6) is 0 Å². The number of nitrogens with zero attached hydrogens (tertiary/aromatic N) is 3. The Bertz CT molecular complexity index is 2570. The summed E-state index contributed by atoms with van der Waals surface area (Å²) >= 11 is 0. The lowest BCUT2D eigenvalue weighted by atomic mass is 9.98. The number of ether oxygens (including phenoxy) is 2.